The molecule has 9 nitrogen and oxygen atoms in total. The molecule has 1 aromatic carbocycles. The van der Waals surface area contributed by atoms with E-state index in [2.05, 4.69) is 11.9 Å². The molecule has 0 bridgehead atoms. The molecule has 0 spiro atoms. The van der Waals surface area contributed by atoms with Crippen molar-refractivity contribution in [1.29, 1.82) is 0 Å². The van der Waals surface area contributed by atoms with E-state index in [0.717, 1.165) is 4.90 Å². The number of carbonyl (C=O) groups is 3. The molecular formula is C16H17N3O6. The summed E-state index contributed by atoms with van der Waals surface area (Å²) in [5, 5.41) is 13.4. The van der Waals surface area contributed by atoms with Crippen molar-refractivity contribution in [1.82, 2.24) is 10.2 Å². The van der Waals surface area contributed by atoms with Crippen LogP contribution in [-0.4, -0.2) is 34.3 Å². The molecule has 0 saturated carbocycles. The summed E-state index contributed by atoms with van der Waals surface area (Å²) in [6.45, 7) is 6.55. The number of nitrogens with one attached hydrogen (secondary N) is 1. The van der Waals surface area contributed by atoms with Crippen LogP contribution in [0.4, 0.5) is 10.5 Å². The summed E-state index contributed by atoms with van der Waals surface area (Å²) >= 11 is 0. The Balaban J connectivity index is 2.61. The number of non-ortho nitro benzene ring substituents is 1. The second kappa shape index (κ2) is 7.12. The molecule has 1 fully saturated rings. The number of hydrogen-bond acceptors (Lipinski definition) is 6. The molecule has 1 heterocycles. The molecule has 0 aliphatic carbocycles. The first-order valence-electron chi connectivity index (χ1n) is 7.48. The summed E-state index contributed by atoms with van der Waals surface area (Å²) in [5.41, 5.74) is 0.108. The van der Waals surface area contributed by atoms with Crippen molar-refractivity contribution in [3.8, 4) is 0 Å². The highest BCUT2D eigenvalue weighted by Crippen LogP contribution is 2.37. The van der Waals surface area contributed by atoms with E-state index in [4.69, 9.17) is 4.74 Å². The van der Waals surface area contributed by atoms with Crippen molar-refractivity contribution >= 4 is 23.6 Å². The lowest BCUT2D eigenvalue weighted by Gasteiger charge is -2.39. The SMILES string of the molecule is C=C1NC(=O)N(C(C)=O)C(c2cccc([N+](=O)[O-])c2)C1C(=O)OCC. The van der Waals surface area contributed by atoms with Crippen LogP contribution in [0, 0.1) is 16.0 Å². The largest absolute Gasteiger partial charge is 0.465 e. The van der Waals surface area contributed by atoms with E-state index in [1.54, 1.807) is 6.92 Å². The van der Waals surface area contributed by atoms with E-state index < -0.39 is 34.8 Å². The van der Waals surface area contributed by atoms with Crippen LogP contribution in [0.15, 0.2) is 36.5 Å². The third-order valence-electron chi connectivity index (χ3n) is 3.76. The number of urea groups is 1. The van der Waals surface area contributed by atoms with Gasteiger partial charge in [0.05, 0.1) is 17.6 Å². The molecule has 132 valence electrons. The number of nitro groups is 1. The Labute approximate surface area is 143 Å². The molecule has 1 aliphatic rings. The van der Waals surface area contributed by atoms with Crippen LogP contribution < -0.4 is 5.32 Å². The highest BCUT2D eigenvalue weighted by molar-refractivity contribution is 5.97. The number of nitro benzene ring substituents is 1. The maximum Gasteiger partial charge on any atom is 0.328 e. The predicted molar refractivity (Wildman–Crippen MR) is 86.2 cm³/mol. The average molecular weight is 347 g/mol. The molecule has 2 atom stereocenters. The second-order valence-corrected chi connectivity index (χ2v) is 5.37. The summed E-state index contributed by atoms with van der Waals surface area (Å²) in [4.78, 5) is 47.9. The summed E-state index contributed by atoms with van der Waals surface area (Å²) in [6, 6.07) is 3.58. The molecule has 3 amide bonds. The number of ether oxygens (including phenoxy) is 1. The predicted octanol–water partition coefficient (Wildman–Crippen LogP) is 1.90. The third-order valence-corrected chi connectivity index (χ3v) is 3.76. The van der Waals surface area contributed by atoms with Gasteiger partial charge >= 0.3 is 12.0 Å². The van der Waals surface area contributed by atoms with Gasteiger partial charge in [-0.25, -0.2) is 4.79 Å². The van der Waals surface area contributed by atoms with Gasteiger partial charge in [-0.15, -0.1) is 0 Å². The zero-order valence-electron chi connectivity index (χ0n) is 13.7. The maximum absolute atomic E-state index is 12.4. The van der Waals surface area contributed by atoms with Crippen LogP contribution in [-0.2, 0) is 14.3 Å². The van der Waals surface area contributed by atoms with Gasteiger partial charge in [-0.3, -0.25) is 24.6 Å². The number of amides is 3. The van der Waals surface area contributed by atoms with E-state index in [0.29, 0.717) is 0 Å². The summed E-state index contributed by atoms with van der Waals surface area (Å²) in [7, 11) is 0. The minimum absolute atomic E-state index is 0.0671. The molecule has 2 rings (SSSR count). The zero-order chi connectivity index (χ0) is 18.7. The van der Waals surface area contributed by atoms with Gasteiger partial charge in [-0.2, -0.15) is 0 Å². The fraction of sp³-hybridized carbons (Fsp3) is 0.312. The number of imide groups is 1. The van der Waals surface area contributed by atoms with Crippen LogP contribution >= 0.6 is 0 Å². The van der Waals surface area contributed by atoms with Crippen molar-refractivity contribution < 1.29 is 24.0 Å². The quantitative estimate of drug-likeness (QED) is 0.505. The highest BCUT2D eigenvalue weighted by Gasteiger charge is 2.46. The van der Waals surface area contributed by atoms with E-state index in [1.807, 2.05) is 0 Å². The molecule has 1 aromatic rings. The summed E-state index contributed by atoms with van der Waals surface area (Å²) < 4.78 is 5.02. The van der Waals surface area contributed by atoms with Gasteiger partial charge in [-0.05, 0) is 12.5 Å². The molecule has 25 heavy (non-hydrogen) atoms. The Morgan fingerprint density at radius 2 is 2.12 bits per heavy atom. The van der Waals surface area contributed by atoms with Gasteiger partial charge in [0.25, 0.3) is 5.69 Å². The Bertz CT molecular complexity index is 760. The van der Waals surface area contributed by atoms with Gasteiger partial charge in [0.2, 0.25) is 5.91 Å². The topological polar surface area (TPSA) is 119 Å². The number of benzene rings is 1. The number of carbonyl (C=O) groups excluding carboxylic acids is 3. The molecule has 9 heteroatoms. The van der Waals surface area contributed by atoms with Crippen LogP contribution in [0.3, 0.4) is 0 Å². The van der Waals surface area contributed by atoms with Gasteiger partial charge in [0.15, 0.2) is 0 Å². The molecule has 0 radical (unpaired) electrons. The molecule has 1 saturated heterocycles. The zero-order valence-corrected chi connectivity index (χ0v) is 13.7. The van der Waals surface area contributed by atoms with Gasteiger partial charge in [-0.1, -0.05) is 18.7 Å². The van der Waals surface area contributed by atoms with E-state index in [9.17, 15) is 24.5 Å². The Morgan fingerprint density at radius 1 is 1.44 bits per heavy atom. The highest BCUT2D eigenvalue weighted by atomic mass is 16.6. The lowest BCUT2D eigenvalue weighted by atomic mass is 9.87. The van der Waals surface area contributed by atoms with Crippen molar-refractivity contribution in [2.24, 2.45) is 5.92 Å². The summed E-state index contributed by atoms with van der Waals surface area (Å²) in [5.74, 6) is -2.38. The van der Waals surface area contributed by atoms with Crippen molar-refractivity contribution in [2.75, 3.05) is 6.61 Å². The lowest BCUT2D eigenvalue weighted by Crippen LogP contribution is -2.55. The number of hydrogen-bond donors (Lipinski definition) is 1. The lowest BCUT2D eigenvalue weighted by molar-refractivity contribution is -0.385. The van der Waals surface area contributed by atoms with Crippen LogP contribution in [0.25, 0.3) is 0 Å². The van der Waals surface area contributed by atoms with E-state index >= 15 is 0 Å². The number of nitrogens with zero attached hydrogens (tertiary/aromatic N) is 2. The fourth-order valence-electron chi connectivity index (χ4n) is 2.75. The van der Waals surface area contributed by atoms with Crippen molar-refractivity contribution in [3.05, 3.63) is 52.2 Å². The van der Waals surface area contributed by atoms with Gasteiger partial charge in [0.1, 0.15) is 5.92 Å². The fourth-order valence-corrected chi connectivity index (χ4v) is 2.75. The minimum atomic E-state index is -1.09. The molecule has 1 N–H and O–H groups in total. The third kappa shape index (κ3) is 3.49. The molecule has 1 aliphatic heterocycles. The standard InChI is InChI=1S/C16H17N3O6/c1-4-25-15(21)13-9(2)17-16(22)18(10(3)20)14(13)11-6-5-7-12(8-11)19(23)24/h5-8,13-14H,2,4H2,1,3H3,(H,17,22). The summed E-state index contributed by atoms with van der Waals surface area (Å²) in [6.07, 6.45) is 0. The van der Waals surface area contributed by atoms with Crippen LogP contribution in [0.1, 0.15) is 25.5 Å². The van der Waals surface area contributed by atoms with Crippen molar-refractivity contribution in [3.63, 3.8) is 0 Å². The first-order valence-corrected chi connectivity index (χ1v) is 7.48. The van der Waals surface area contributed by atoms with Gasteiger partial charge < -0.3 is 10.1 Å². The number of rotatable bonds is 4. The second-order valence-electron chi connectivity index (χ2n) is 5.37. The van der Waals surface area contributed by atoms with Crippen molar-refractivity contribution in [2.45, 2.75) is 19.9 Å². The normalized spacial score (nSPS) is 20.0. The first kappa shape index (κ1) is 18.1. The molecular weight excluding hydrogens is 330 g/mol. The van der Waals surface area contributed by atoms with Gasteiger partial charge in [0, 0.05) is 24.8 Å². The Morgan fingerprint density at radius 3 is 2.68 bits per heavy atom. The van der Waals surface area contributed by atoms with Crippen LogP contribution in [0.5, 0.6) is 0 Å². The number of esters is 1. The molecule has 0 aromatic heterocycles. The first-order chi connectivity index (χ1) is 11.8. The van der Waals surface area contributed by atoms with E-state index in [-0.39, 0.29) is 23.6 Å². The monoisotopic (exact) mass is 347 g/mol. The van der Waals surface area contributed by atoms with Crippen LogP contribution in [0.2, 0.25) is 0 Å². The smallest absolute Gasteiger partial charge is 0.328 e. The van der Waals surface area contributed by atoms with E-state index in [1.165, 1.54) is 31.2 Å². The minimum Gasteiger partial charge on any atom is -0.465 e. The average Bonchev–Trinajstić information content (AvgIpc) is 2.53. The maximum atomic E-state index is 12.4. The molecule has 2 unspecified atom stereocenters. The Kier molecular flexibility index (Phi) is 5.16. The Hall–Kier alpha value is -3.23.